The topological polar surface area (TPSA) is 66.6 Å². The minimum absolute atomic E-state index is 0.143. The number of halogens is 2. The molecule has 1 fully saturated rings. The predicted octanol–water partition coefficient (Wildman–Crippen LogP) is 1.24. The van der Waals surface area contributed by atoms with Crippen molar-refractivity contribution in [2.24, 2.45) is 0 Å². The van der Waals surface area contributed by atoms with Crippen LogP contribution in [-0.4, -0.2) is 48.3 Å². The molecular weight excluding hydrogens is 280 g/mol. The van der Waals surface area contributed by atoms with Gasteiger partial charge in [0.05, 0.1) is 17.8 Å². The molecular formula is C14H17F2N3O2. The van der Waals surface area contributed by atoms with Crippen LogP contribution < -0.4 is 5.73 Å². The van der Waals surface area contributed by atoms with Crippen molar-refractivity contribution < 1.29 is 18.4 Å². The van der Waals surface area contributed by atoms with Gasteiger partial charge in [-0.3, -0.25) is 9.59 Å². The molecule has 0 atom stereocenters. The average molecular weight is 297 g/mol. The zero-order valence-corrected chi connectivity index (χ0v) is 11.7. The van der Waals surface area contributed by atoms with Crippen LogP contribution >= 0.6 is 0 Å². The van der Waals surface area contributed by atoms with E-state index in [1.165, 1.54) is 7.05 Å². The predicted molar refractivity (Wildman–Crippen MR) is 73.5 cm³/mol. The summed E-state index contributed by atoms with van der Waals surface area (Å²) in [4.78, 5) is 26.8. The summed E-state index contributed by atoms with van der Waals surface area (Å²) in [5.74, 6) is -2.79. The standard InChI is InChI=1S/C14H17F2N3O2/c1-18(8-13(20)19-4-2-3-5-19)14(21)9-6-12(17)11(16)7-10(9)15/h6-7H,2-5,8,17H2,1H3. The van der Waals surface area contributed by atoms with Gasteiger partial charge < -0.3 is 15.5 Å². The molecule has 1 aromatic rings. The lowest BCUT2D eigenvalue weighted by Gasteiger charge is -2.21. The summed E-state index contributed by atoms with van der Waals surface area (Å²) in [6.45, 7) is 1.22. The van der Waals surface area contributed by atoms with Gasteiger partial charge in [0.15, 0.2) is 0 Å². The van der Waals surface area contributed by atoms with Crippen LogP contribution in [0.15, 0.2) is 12.1 Å². The number of anilines is 1. The maximum absolute atomic E-state index is 13.6. The Labute approximate surface area is 121 Å². The molecule has 114 valence electrons. The molecule has 0 saturated carbocycles. The maximum atomic E-state index is 13.6. The quantitative estimate of drug-likeness (QED) is 0.854. The van der Waals surface area contributed by atoms with Crippen molar-refractivity contribution in [3.8, 4) is 0 Å². The third kappa shape index (κ3) is 3.29. The van der Waals surface area contributed by atoms with E-state index >= 15 is 0 Å². The second kappa shape index (κ2) is 6.07. The fraction of sp³-hybridized carbons (Fsp3) is 0.429. The highest BCUT2D eigenvalue weighted by Gasteiger charge is 2.23. The summed E-state index contributed by atoms with van der Waals surface area (Å²) in [6, 6.07) is 1.52. The average Bonchev–Trinajstić information content (AvgIpc) is 2.96. The molecule has 2 amide bonds. The molecule has 0 radical (unpaired) electrons. The van der Waals surface area contributed by atoms with Gasteiger partial charge in [0.1, 0.15) is 11.6 Å². The fourth-order valence-electron chi connectivity index (χ4n) is 2.28. The molecule has 0 bridgehead atoms. The van der Waals surface area contributed by atoms with Crippen LogP contribution in [0, 0.1) is 11.6 Å². The summed E-state index contributed by atoms with van der Waals surface area (Å²) in [5, 5.41) is 0. The van der Waals surface area contributed by atoms with Gasteiger partial charge in [0.25, 0.3) is 5.91 Å². The Kier molecular flexibility index (Phi) is 4.40. The maximum Gasteiger partial charge on any atom is 0.257 e. The van der Waals surface area contributed by atoms with Crippen molar-refractivity contribution in [2.45, 2.75) is 12.8 Å². The van der Waals surface area contributed by atoms with E-state index in [0.717, 1.165) is 23.8 Å². The lowest BCUT2D eigenvalue weighted by Crippen LogP contribution is -2.40. The van der Waals surface area contributed by atoms with Gasteiger partial charge in [-0.05, 0) is 18.9 Å². The second-order valence-corrected chi connectivity index (χ2v) is 5.10. The van der Waals surface area contributed by atoms with E-state index in [2.05, 4.69) is 0 Å². The molecule has 1 aromatic carbocycles. The van der Waals surface area contributed by atoms with Crippen LogP contribution in [0.2, 0.25) is 0 Å². The van der Waals surface area contributed by atoms with Gasteiger partial charge in [0, 0.05) is 26.2 Å². The Hall–Kier alpha value is -2.18. The molecule has 0 unspecified atom stereocenters. The molecule has 2 N–H and O–H groups in total. The van der Waals surface area contributed by atoms with Gasteiger partial charge in [-0.15, -0.1) is 0 Å². The molecule has 7 heteroatoms. The summed E-state index contributed by atoms with van der Waals surface area (Å²) in [6.07, 6.45) is 1.90. The van der Waals surface area contributed by atoms with Crippen molar-refractivity contribution in [3.05, 3.63) is 29.3 Å². The van der Waals surface area contributed by atoms with Crippen molar-refractivity contribution >= 4 is 17.5 Å². The number of benzene rings is 1. The Balaban J connectivity index is 2.08. The van der Waals surface area contributed by atoms with E-state index < -0.39 is 17.5 Å². The van der Waals surface area contributed by atoms with Gasteiger partial charge in [0.2, 0.25) is 5.91 Å². The molecule has 0 aromatic heterocycles. The number of nitrogen functional groups attached to an aromatic ring is 1. The number of nitrogens with zero attached hydrogens (tertiary/aromatic N) is 2. The highest BCUT2D eigenvalue weighted by molar-refractivity contribution is 5.97. The van der Waals surface area contributed by atoms with Crippen LogP contribution in [-0.2, 0) is 4.79 Å². The molecule has 5 nitrogen and oxygen atoms in total. The van der Waals surface area contributed by atoms with E-state index in [1.54, 1.807) is 4.90 Å². The molecule has 1 aliphatic heterocycles. The summed E-state index contributed by atoms with van der Waals surface area (Å²) < 4.78 is 26.7. The Morgan fingerprint density at radius 1 is 1.24 bits per heavy atom. The van der Waals surface area contributed by atoms with Crippen LogP contribution in [0.5, 0.6) is 0 Å². The molecule has 1 heterocycles. The number of likely N-dealkylation sites (N-methyl/N-ethyl adjacent to an activating group) is 1. The number of nitrogens with two attached hydrogens (primary N) is 1. The highest BCUT2D eigenvalue weighted by Crippen LogP contribution is 2.18. The van der Waals surface area contributed by atoms with E-state index in [9.17, 15) is 18.4 Å². The molecule has 1 saturated heterocycles. The fourth-order valence-corrected chi connectivity index (χ4v) is 2.28. The Bertz CT molecular complexity index is 572. The third-order valence-corrected chi connectivity index (χ3v) is 3.49. The van der Waals surface area contributed by atoms with Crippen molar-refractivity contribution in [1.29, 1.82) is 0 Å². The van der Waals surface area contributed by atoms with E-state index in [0.29, 0.717) is 19.2 Å². The second-order valence-electron chi connectivity index (χ2n) is 5.10. The number of likely N-dealkylation sites (tertiary alicyclic amines) is 1. The number of carbonyl (C=O) groups is 2. The third-order valence-electron chi connectivity index (χ3n) is 3.49. The smallest absolute Gasteiger partial charge is 0.257 e. The first-order chi connectivity index (χ1) is 9.90. The van der Waals surface area contributed by atoms with Crippen LogP contribution in [0.3, 0.4) is 0 Å². The van der Waals surface area contributed by atoms with Crippen molar-refractivity contribution in [1.82, 2.24) is 9.80 Å². The number of hydrogen-bond acceptors (Lipinski definition) is 3. The van der Waals surface area contributed by atoms with Crippen LogP contribution in [0.25, 0.3) is 0 Å². The summed E-state index contributed by atoms with van der Waals surface area (Å²) in [7, 11) is 1.40. The first-order valence-electron chi connectivity index (χ1n) is 6.68. The van der Waals surface area contributed by atoms with Crippen molar-refractivity contribution in [3.63, 3.8) is 0 Å². The minimum Gasteiger partial charge on any atom is -0.396 e. The Morgan fingerprint density at radius 3 is 2.48 bits per heavy atom. The molecule has 0 aliphatic carbocycles. The van der Waals surface area contributed by atoms with E-state index in [-0.39, 0.29) is 23.7 Å². The van der Waals surface area contributed by atoms with E-state index in [1.807, 2.05) is 0 Å². The van der Waals surface area contributed by atoms with Gasteiger partial charge in [-0.25, -0.2) is 8.78 Å². The first-order valence-corrected chi connectivity index (χ1v) is 6.68. The molecule has 2 rings (SSSR count). The number of hydrogen-bond donors (Lipinski definition) is 1. The summed E-state index contributed by atoms with van der Waals surface area (Å²) >= 11 is 0. The highest BCUT2D eigenvalue weighted by atomic mass is 19.1. The van der Waals surface area contributed by atoms with Crippen LogP contribution in [0.4, 0.5) is 14.5 Å². The summed E-state index contributed by atoms with van der Waals surface area (Å²) in [5.41, 5.74) is 4.69. The number of carbonyl (C=O) groups excluding carboxylic acids is 2. The number of rotatable bonds is 3. The molecule has 1 aliphatic rings. The van der Waals surface area contributed by atoms with Crippen molar-refractivity contribution in [2.75, 3.05) is 32.4 Å². The normalized spacial score (nSPS) is 14.3. The molecule has 0 spiro atoms. The lowest BCUT2D eigenvalue weighted by atomic mass is 10.1. The zero-order valence-electron chi connectivity index (χ0n) is 11.7. The zero-order chi connectivity index (χ0) is 15.6. The van der Waals surface area contributed by atoms with Gasteiger partial charge in [-0.1, -0.05) is 0 Å². The largest absolute Gasteiger partial charge is 0.396 e. The minimum atomic E-state index is -0.993. The Morgan fingerprint density at radius 2 is 1.86 bits per heavy atom. The van der Waals surface area contributed by atoms with Gasteiger partial charge in [-0.2, -0.15) is 0 Å². The first kappa shape index (κ1) is 15.2. The lowest BCUT2D eigenvalue weighted by molar-refractivity contribution is -0.130. The van der Waals surface area contributed by atoms with E-state index in [4.69, 9.17) is 5.73 Å². The monoisotopic (exact) mass is 297 g/mol. The number of amides is 2. The van der Waals surface area contributed by atoms with Crippen LogP contribution in [0.1, 0.15) is 23.2 Å². The molecule has 21 heavy (non-hydrogen) atoms. The van der Waals surface area contributed by atoms with Gasteiger partial charge >= 0.3 is 0 Å². The SMILES string of the molecule is CN(CC(=O)N1CCCC1)C(=O)c1cc(N)c(F)cc1F.